The minimum Gasteiger partial charge on any atom is -0.394 e. The van der Waals surface area contributed by atoms with Crippen molar-refractivity contribution in [3.8, 4) is 0 Å². The predicted octanol–water partition coefficient (Wildman–Crippen LogP) is 5.85. The van der Waals surface area contributed by atoms with Crippen molar-refractivity contribution < 1.29 is 29.9 Å². The summed E-state index contributed by atoms with van der Waals surface area (Å²) in [5, 5.41) is 40.4. The number of aliphatic hydroxyl groups excluding tert-OH is 4. The van der Waals surface area contributed by atoms with Crippen molar-refractivity contribution in [3.63, 3.8) is 0 Å². The van der Waals surface area contributed by atoms with Gasteiger partial charge in [0.05, 0.1) is 12.7 Å². The van der Waals surface area contributed by atoms with Crippen LogP contribution in [0.5, 0.6) is 0 Å². The normalized spacial score (nSPS) is 47.7. The second-order valence-corrected chi connectivity index (χ2v) is 15.7. The summed E-state index contributed by atoms with van der Waals surface area (Å²) in [6, 6.07) is 0. The molecule has 0 bridgehead atoms. The van der Waals surface area contributed by atoms with Crippen molar-refractivity contribution in [1.82, 2.24) is 0 Å². The van der Waals surface area contributed by atoms with E-state index in [1.54, 1.807) is 0 Å². The molecule has 0 amide bonds. The number of aliphatic hydroxyl groups is 4. The fraction of sp³-hybridized carbons (Fsp3) is 0.943. The highest BCUT2D eigenvalue weighted by Crippen LogP contribution is 2.67. The van der Waals surface area contributed by atoms with Gasteiger partial charge in [-0.2, -0.15) is 0 Å². The van der Waals surface area contributed by atoms with E-state index in [0.717, 1.165) is 60.7 Å². The molecule has 4 N–H and O–H groups in total. The van der Waals surface area contributed by atoms with Crippen molar-refractivity contribution in [3.05, 3.63) is 11.6 Å². The van der Waals surface area contributed by atoms with Crippen molar-refractivity contribution in [2.24, 2.45) is 52.3 Å². The summed E-state index contributed by atoms with van der Waals surface area (Å²) in [5.74, 6) is 5.66. The lowest BCUT2D eigenvalue weighted by atomic mass is 9.47. The SMILES string of the molecule is CC[C@H](CC[C@@H](C)[C@@H]1CC[C@H]2[C@@H]3CC=C4C[C@@H](O[C@@H]5O[C@H](CO)[C@@H](O)[C@H](O)[C@H]5O)CC[C@]4(C)[C@H]3CC[C@@]21C)C(C)C. The van der Waals surface area contributed by atoms with E-state index in [1.807, 2.05) is 0 Å². The molecule has 0 aromatic heterocycles. The molecule has 0 aromatic carbocycles. The highest BCUT2D eigenvalue weighted by molar-refractivity contribution is 5.25. The molecule has 0 radical (unpaired) electrons. The Morgan fingerprint density at radius 2 is 1.71 bits per heavy atom. The molecule has 1 saturated heterocycles. The number of fused-ring (bicyclic) bond motifs is 5. The van der Waals surface area contributed by atoms with Crippen LogP contribution in [0.2, 0.25) is 0 Å². The van der Waals surface area contributed by atoms with E-state index in [1.165, 1.54) is 56.9 Å². The summed E-state index contributed by atoms with van der Waals surface area (Å²) in [7, 11) is 0. The summed E-state index contributed by atoms with van der Waals surface area (Å²) in [6.45, 7) is 14.5. The maximum Gasteiger partial charge on any atom is 0.186 e. The van der Waals surface area contributed by atoms with E-state index >= 15 is 0 Å². The van der Waals surface area contributed by atoms with Crippen LogP contribution in [0.1, 0.15) is 112 Å². The second kappa shape index (κ2) is 12.5. The van der Waals surface area contributed by atoms with Gasteiger partial charge in [-0.1, -0.05) is 66.0 Å². The molecule has 0 unspecified atom stereocenters. The van der Waals surface area contributed by atoms with Gasteiger partial charge in [0.15, 0.2) is 6.29 Å². The summed E-state index contributed by atoms with van der Waals surface area (Å²) >= 11 is 0. The minimum atomic E-state index is -1.40. The van der Waals surface area contributed by atoms with Gasteiger partial charge >= 0.3 is 0 Å². The Balaban J connectivity index is 1.24. The number of hydrogen-bond donors (Lipinski definition) is 4. The number of ether oxygens (including phenoxy) is 2. The summed E-state index contributed by atoms with van der Waals surface area (Å²) < 4.78 is 11.9. The first kappa shape index (κ1) is 31.9. The Bertz CT molecular complexity index is 918. The Labute approximate surface area is 249 Å². The van der Waals surface area contributed by atoms with E-state index < -0.39 is 37.3 Å². The molecule has 6 nitrogen and oxygen atoms in total. The van der Waals surface area contributed by atoms with E-state index in [-0.39, 0.29) is 11.5 Å². The van der Waals surface area contributed by atoms with Gasteiger partial charge in [-0.05, 0) is 110 Å². The van der Waals surface area contributed by atoms with Gasteiger partial charge in [0.2, 0.25) is 0 Å². The van der Waals surface area contributed by atoms with Crippen LogP contribution in [-0.4, -0.2) is 63.8 Å². The van der Waals surface area contributed by atoms with Gasteiger partial charge in [-0.3, -0.25) is 0 Å². The van der Waals surface area contributed by atoms with Crippen LogP contribution >= 0.6 is 0 Å². The molecule has 5 aliphatic rings. The predicted molar refractivity (Wildman–Crippen MR) is 161 cm³/mol. The molecule has 5 rings (SSSR count). The number of rotatable bonds is 9. The third kappa shape index (κ3) is 5.73. The molecular formula is C35H60O6. The monoisotopic (exact) mass is 576 g/mol. The molecule has 6 heteroatoms. The summed E-state index contributed by atoms with van der Waals surface area (Å²) in [5.41, 5.74) is 2.19. The third-order valence-corrected chi connectivity index (χ3v) is 13.5. The van der Waals surface area contributed by atoms with Crippen LogP contribution in [0.25, 0.3) is 0 Å². The lowest BCUT2D eigenvalue weighted by Crippen LogP contribution is -2.60. The zero-order chi connectivity index (χ0) is 29.7. The van der Waals surface area contributed by atoms with Crippen molar-refractivity contribution in [1.29, 1.82) is 0 Å². The maximum atomic E-state index is 10.5. The van der Waals surface area contributed by atoms with Gasteiger partial charge < -0.3 is 29.9 Å². The maximum absolute atomic E-state index is 10.5. The first-order valence-electron chi connectivity index (χ1n) is 17.1. The van der Waals surface area contributed by atoms with Crippen LogP contribution in [0.15, 0.2) is 11.6 Å². The van der Waals surface area contributed by atoms with Crippen molar-refractivity contribution in [2.45, 2.75) is 149 Å². The molecule has 14 atom stereocenters. The van der Waals surface area contributed by atoms with Gasteiger partial charge in [0.1, 0.15) is 24.4 Å². The molecule has 4 aliphatic carbocycles. The minimum absolute atomic E-state index is 0.101. The summed E-state index contributed by atoms with van der Waals surface area (Å²) in [6.07, 6.45) is 9.92. The molecule has 4 fully saturated rings. The van der Waals surface area contributed by atoms with E-state index in [9.17, 15) is 20.4 Å². The quantitative estimate of drug-likeness (QED) is 0.257. The molecule has 41 heavy (non-hydrogen) atoms. The number of allylic oxidation sites excluding steroid dienone is 1. The Kier molecular flexibility index (Phi) is 9.71. The van der Waals surface area contributed by atoms with Crippen molar-refractivity contribution >= 4 is 0 Å². The van der Waals surface area contributed by atoms with Gasteiger partial charge in [-0.15, -0.1) is 0 Å². The van der Waals surface area contributed by atoms with E-state index in [2.05, 4.69) is 47.6 Å². The first-order valence-corrected chi connectivity index (χ1v) is 17.1. The second-order valence-electron chi connectivity index (χ2n) is 15.7. The molecule has 0 spiro atoms. The fourth-order valence-corrected chi connectivity index (χ4v) is 10.8. The van der Waals surface area contributed by atoms with Crippen LogP contribution in [0, 0.1) is 52.3 Å². The average molecular weight is 577 g/mol. The van der Waals surface area contributed by atoms with Crippen LogP contribution < -0.4 is 0 Å². The zero-order valence-corrected chi connectivity index (χ0v) is 26.7. The Morgan fingerprint density at radius 3 is 2.39 bits per heavy atom. The first-order chi connectivity index (χ1) is 19.4. The zero-order valence-electron chi connectivity index (χ0n) is 26.7. The van der Waals surface area contributed by atoms with Gasteiger partial charge in [0.25, 0.3) is 0 Å². The number of hydrogen-bond acceptors (Lipinski definition) is 6. The fourth-order valence-electron chi connectivity index (χ4n) is 10.8. The smallest absolute Gasteiger partial charge is 0.186 e. The summed E-state index contributed by atoms with van der Waals surface area (Å²) in [4.78, 5) is 0. The lowest BCUT2D eigenvalue weighted by Gasteiger charge is -2.58. The third-order valence-electron chi connectivity index (χ3n) is 13.5. The Hall–Kier alpha value is -0.500. The lowest BCUT2D eigenvalue weighted by molar-refractivity contribution is -0.313. The largest absolute Gasteiger partial charge is 0.394 e. The average Bonchev–Trinajstić information content (AvgIpc) is 3.30. The molecule has 0 aromatic rings. The van der Waals surface area contributed by atoms with E-state index in [0.29, 0.717) is 5.41 Å². The van der Waals surface area contributed by atoms with Crippen LogP contribution in [0.4, 0.5) is 0 Å². The van der Waals surface area contributed by atoms with Crippen molar-refractivity contribution in [2.75, 3.05) is 6.61 Å². The molecule has 236 valence electrons. The van der Waals surface area contributed by atoms with E-state index in [4.69, 9.17) is 9.47 Å². The standard InChI is InChI=1S/C35H60O6/c1-7-22(20(2)3)9-8-21(4)26-12-13-27-25-11-10-23-18-24(14-16-34(23,5)28(25)15-17-35(26,27)6)40-33-32(39)31(38)30(37)29(19-36)41-33/h10,20-22,24-33,36-39H,7-9,11-19H2,1-6H3/t21-,22-,24+,25+,26+,27+,28+,29-,30-,31+,32-,33-,34+,35-/m1/s1. The van der Waals surface area contributed by atoms with Crippen LogP contribution in [0.3, 0.4) is 0 Å². The Morgan fingerprint density at radius 1 is 0.951 bits per heavy atom. The molecular weight excluding hydrogens is 516 g/mol. The highest BCUT2D eigenvalue weighted by Gasteiger charge is 2.59. The molecule has 1 aliphatic heterocycles. The highest BCUT2D eigenvalue weighted by atomic mass is 16.7. The molecule has 3 saturated carbocycles. The van der Waals surface area contributed by atoms with Gasteiger partial charge in [-0.25, -0.2) is 0 Å². The topological polar surface area (TPSA) is 99.4 Å². The molecule has 1 heterocycles. The van der Waals surface area contributed by atoms with Crippen LogP contribution in [-0.2, 0) is 9.47 Å². The van der Waals surface area contributed by atoms with Gasteiger partial charge in [0, 0.05) is 0 Å².